The number of carbonyl (C=O) groups excluding carboxylic acids is 1. The second-order valence-corrected chi connectivity index (χ2v) is 7.96. The van der Waals surface area contributed by atoms with Gasteiger partial charge in [-0.1, -0.05) is 6.07 Å². The predicted octanol–water partition coefficient (Wildman–Crippen LogP) is 2.86. The highest BCUT2D eigenvalue weighted by Crippen LogP contribution is 2.35. The zero-order valence-corrected chi connectivity index (χ0v) is 18.0. The van der Waals surface area contributed by atoms with Crippen molar-refractivity contribution in [2.45, 2.75) is 12.5 Å². The van der Waals surface area contributed by atoms with Crippen LogP contribution in [-0.4, -0.2) is 49.2 Å². The number of nitrogens with one attached hydrogen (secondary N) is 3. The molecule has 0 saturated carbocycles. The molecule has 1 atom stereocenters. The average molecular weight is 431 g/mol. The van der Waals surface area contributed by atoms with E-state index in [1.807, 2.05) is 36.4 Å². The third kappa shape index (κ3) is 4.09. The van der Waals surface area contributed by atoms with Crippen molar-refractivity contribution in [1.29, 1.82) is 0 Å². The number of nitrogens with zero attached hydrogens (tertiary/aromatic N) is 3. The lowest BCUT2D eigenvalue weighted by molar-refractivity contribution is 0.102. The normalized spacial score (nSPS) is 17.4. The third-order valence-corrected chi connectivity index (χ3v) is 5.93. The fourth-order valence-corrected chi connectivity index (χ4v) is 4.27. The lowest BCUT2D eigenvalue weighted by Crippen LogP contribution is -2.43. The highest BCUT2D eigenvalue weighted by Gasteiger charge is 2.24. The van der Waals surface area contributed by atoms with E-state index < -0.39 is 0 Å². The number of pyridine rings is 2. The van der Waals surface area contributed by atoms with Gasteiger partial charge in [0.25, 0.3) is 5.91 Å². The molecule has 3 aromatic rings. The first-order valence-corrected chi connectivity index (χ1v) is 10.8. The molecule has 0 aliphatic carbocycles. The van der Waals surface area contributed by atoms with Crippen molar-refractivity contribution in [2.24, 2.45) is 0 Å². The monoisotopic (exact) mass is 430 g/mol. The Bertz CT molecular complexity index is 1130. The van der Waals surface area contributed by atoms with E-state index >= 15 is 0 Å². The van der Waals surface area contributed by atoms with Crippen molar-refractivity contribution in [3.05, 3.63) is 71.8 Å². The minimum Gasteiger partial charge on any atom is -0.497 e. The van der Waals surface area contributed by atoms with Crippen LogP contribution in [0.15, 0.2) is 54.9 Å². The van der Waals surface area contributed by atoms with Crippen molar-refractivity contribution in [3.63, 3.8) is 0 Å². The molecule has 8 nitrogen and oxygen atoms in total. The maximum absolute atomic E-state index is 13.0. The smallest absolute Gasteiger partial charge is 0.274 e. The SMILES string of the molecule is COc1ccc2c(c1)CC(c1cccc(C(=O)Nc3cnccc3N3CCNCC3)n1)N2. The Hall–Kier alpha value is -3.65. The van der Waals surface area contributed by atoms with Crippen molar-refractivity contribution >= 4 is 23.0 Å². The molecule has 1 amide bonds. The zero-order chi connectivity index (χ0) is 21.9. The van der Waals surface area contributed by atoms with Gasteiger partial charge >= 0.3 is 0 Å². The number of ether oxygens (including phenoxy) is 1. The van der Waals surface area contributed by atoms with Gasteiger partial charge in [0.2, 0.25) is 0 Å². The summed E-state index contributed by atoms with van der Waals surface area (Å²) >= 11 is 0. The Morgan fingerprint density at radius 2 is 2.06 bits per heavy atom. The molecular weight excluding hydrogens is 404 g/mol. The molecular formula is C24H26N6O2. The van der Waals surface area contributed by atoms with Gasteiger partial charge in [-0.05, 0) is 42.0 Å². The lowest BCUT2D eigenvalue weighted by atomic mass is 10.1. The molecule has 0 bridgehead atoms. The van der Waals surface area contributed by atoms with E-state index in [9.17, 15) is 4.79 Å². The van der Waals surface area contributed by atoms with Gasteiger partial charge < -0.3 is 25.6 Å². The number of hydrogen-bond donors (Lipinski definition) is 3. The summed E-state index contributed by atoms with van der Waals surface area (Å²) in [6, 6.07) is 13.5. The third-order valence-electron chi connectivity index (χ3n) is 5.93. The van der Waals surface area contributed by atoms with Crippen LogP contribution < -0.4 is 25.6 Å². The number of anilines is 3. The number of methoxy groups -OCH3 is 1. The van der Waals surface area contributed by atoms with Crippen LogP contribution in [0.2, 0.25) is 0 Å². The first-order valence-electron chi connectivity index (χ1n) is 10.8. The van der Waals surface area contributed by atoms with Gasteiger partial charge in [0, 0.05) is 44.5 Å². The number of rotatable bonds is 5. The van der Waals surface area contributed by atoms with Crippen molar-refractivity contribution < 1.29 is 9.53 Å². The minimum atomic E-state index is -0.242. The lowest BCUT2D eigenvalue weighted by Gasteiger charge is -2.30. The Morgan fingerprint density at radius 1 is 1.19 bits per heavy atom. The minimum absolute atomic E-state index is 0.0136. The number of hydrogen-bond acceptors (Lipinski definition) is 7. The number of piperazine rings is 1. The van der Waals surface area contributed by atoms with Gasteiger partial charge in [0.15, 0.2) is 0 Å². The molecule has 2 aromatic heterocycles. The molecule has 8 heteroatoms. The Kier molecular flexibility index (Phi) is 5.60. The molecule has 5 rings (SSSR count). The van der Waals surface area contributed by atoms with E-state index in [2.05, 4.69) is 30.8 Å². The van der Waals surface area contributed by atoms with Gasteiger partial charge in [-0.3, -0.25) is 9.78 Å². The largest absolute Gasteiger partial charge is 0.497 e. The summed E-state index contributed by atoms with van der Waals surface area (Å²) in [4.78, 5) is 24.2. The van der Waals surface area contributed by atoms with Gasteiger partial charge in [-0.25, -0.2) is 4.98 Å². The molecule has 3 N–H and O–H groups in total. The summed E-state index contributed by atoms with van der Waals surface area (Å²) in [5.41, 5.74) is 5.15. The second-order valence-electron chi connectivity index (χ2n) is 7.96. The first kappa shape index (κ1) is 20.3. The molecule has 1 aromatic carbocycles. The molecule has 0 spiro atoms. The molecule has 164 valence electrons. The zero-order valence-electron chi connectivity index (χ0n) is 18.0. The molecule has 1 fully saturated rings. The summed E-state index contributed by atoms with van der Waals surface area (Å²) < 4.78 is 5.33. The highest BCUT2D eigenvalue weighted by molar-refractivity contribution is 6.04. The number of carbonyl (C=O) groups is 1. The number of aromatic nitrogens is 2. The predicted molar refractivity (Wildman–Crippen MR) is 125 cm³/mol. The fourth-order valence-electron chi connectivity index (χ4n) is 4.27. The van der Waals surface area contributed by atoms with Crippen LogP contribution in [0.1, 0.15) is 27.8 Å². The van der Waals surface area contributed by atoms with Crippen LogP contribution in [0.25, 0.3) is 0 Å². The van der Waals surface area contributed by atoms with Crippen molar-refractivity contribution in [1.82, 2.24) is 15.3 Å². The molecule has 0 radical (unpaired) electrons. The molecule has 1 unspecified atom stereocenters. The van der Waals surface area contributed by atoms with Crippen LogP contribution in [0.5, 0.6) is 5.75 Å². The number of amides is 1. The molecule has 2 aliphatic heterocycles. The molecule has 2 aliphatic rings. The Balaban J connectivity index is 1.33. The fraction of sp³-hybridized carbons (Fsp3) is 0.292. The van der Waals surface area contributed by atoms with Crippen LogP contribution in [0.3, 0.4) is 0 Å². The molecule has 4 heterocycles. The standard InChI is InChI=1S/C24H26N6O2/c1-32-17-5-6-18-16(13-17)14-21(27-18)19-3-2-4-20(28-19)24(31)29-22-15-26-8-7-23(22)30-11-9-25-10-12-30/h2-8,13,15,21,25,27H,9-12,14H2,1H3,(H,29,31). The van der Waals surface area contributed by atoms with Crippen LogP contribution in [-0.2, 0) is 6.42 Å². The van der Waals surface area contributed by atoms with Gasteiger partial charge in [0.05, 0.1) is 36.4 Å². The van der Waals surface area contributed by atoms with Crippen LogP contribution >= 0.6 is 0 Å². The second kappa shape index (κ2) is 8.84. The number of fused-ring (bicyclic) bond motifs is 1. The van der Waals surface area contributed by atoms with E-state index in [1.54, 1.807) is 25.6 Å². The topological polar surface area (TPSA) is 91.4 Å². The van der Waals surface area contributed by atoms with Crippen molar-refractivity contribution in [3.8, 4) is 5.75 Å². The number of benzene rings is 1. The van der Waals surface area contributed by atoms with Gasteiger partial charge in [0.1, 0.15) is 11.4 Å². The maximum Gasteiger partial charge on any atom is 0.274 e. The van der Waals surface area contributed by atoms with E-state index in [0.717, 1.165) is 55.4 Å². The highest BCUT2D eigenvalue weighted by atomic mass is 16.5. The van der Waals surface area contributed by atoms with E-state index in [4.69, 9.17) is 4.74 Å². The summed E-state index contributed by atoms with van der Waals surface area (Å²) in [6.07, 6.45) is 4.24. The van der Waals surface area contributed by atoms with E-state index in [0.29, 0.717) is 11.4 Å². The van der Waals surface area contributed by atoms with Gasteiger partial charge in [-0.15, -0.1) is 0 Å². The summed E-state index contributed by atoms with van der Waals surface area (Å²) in [5, 5.41) is 9.86. The molecule has 32 heavy (non-hydrogen) atoms. The van der Waals surface area contributed by atoms with Crippen LogP contribution in [0, 0.1) is 0 Å². The quantitative estimate of drug-likeness (QED) is 0.573. The first-order chi connectivity index (χ1) is 15.7. The summed E-state index contributed by atoms with van der Waals surface area (Å²) in [5.74, 6) is 0.595. The summed E-state index contributed by atoms with van der Waals surface area (Å²) in [7, 11) is 1.67. The maximum atomic E-state index is 13.0. The average Bonchev–Trinajstić information content (AvgIpc) is 3.28. The Morgan fingerprint density at radius 3 is 2.91 bits per heavy atom. The van der Waals surface area contributed by atoms with E-state index in [-0.39, 0.29) is 11.9 Å². The summed E-state index contributed by atoms with van der Waals surface area (Å²) in [6.45, 7) is 3.61. The van der Waals surface area contributed by atoms with Crippen molar-refractivity contribution in [2.75, 3.05) is 48.8 Å². The van der Waals surface area contributed by atoms with E-state index in [1.165, 1.54) is 5.56 Å². The van der Waals surface area contributed by atoms with Gasteiger partial charge in [-0.2, -0.15) is 0 Å². The Labute approximate surface area is 187 Å². The van der Waals surface area contributed by atoms with Crippen LogP contribution in [0.4, 0.5) is 17.1 Å². The molecule has 1 saturated heterocycles.